The smallest absolute Gasteiger partial charge is 0.262 e. The van der Waals surface area contributed by atoms with Crippen molar-refractivity contribution in [2.45, 2.75) is 31.7 Å². The summed E-state index contributed by atoms with van der Waals surface area (Å²) < 4.78 is 28.0. The molecule has 0 aliphatic carbocycles. The Kier molecular flexibility index (Phi) is 6.03. The largest absolute Gasteiger partial charge is 0.346 e. The van der Waals surface area contributed by atoms with Crippen LogP contribution in [-0.2, 0) is 10.0 Å². The lowest BCUT2D eigenvalue weighted by atomic mass is 10.1. The number of benzene rings is 3. The maximum absolute atomic E-state index is 12.7. The fraction of sp³-hybridized carbons (Fsp3) is 0.174. The molecule has 1 atom stereocenters. The van der Waals surface area contributed by atoms with Crippen molar-refractivity contribution < 1.29 is 13.2 Å². The predicted molar refractivity (Wildman–Crippen MR) is 115 cm³/mol. The van der Waals surface area contributed by atoms with Gasteiger partial charge in [-0.15, -0.1) is 0 Å². The molecule has 1 amide bonds. The molecule has 0 heterocycles. The molecule has 3 aromatic rings. The van der Waals surface area contributed by atoms with Crippen LogP contribution in [0.4, 0.5) is 5.69 Å². The van der Waals surface area contributed by atoms with Crippen molar-refractivity contribution in [2.24, 2.45) is 0 Å². The molecule has 5 nitrogen and oxygen atoms in total. The minimum Gasteiger partial charge on any atom is -0.346 e. The van der Waals surface area contributed by atoms with Gasteiger partial charge < -0.3 is 5.32 Å². The fourth-order valence-electron chi connectivity index (χ4n) is 3.00. The molecule has 0 bridgehead atoms. The molecular weight excluding hydrogens is 384 g/mol. The molecule has 0 fully saturated rings. The second-order valence-corrected chi connectivity index (χ2v) is 8.71. The van der Waals surface area contributed by atoms with E-state index in [4.69, 9.17) is 0 Å². The number of anilines is 1. The number of rotatable bonds is 6. The van der Waals surface area contributed by atoms with Crippen LogP contribution in [0.15, 0.2) is 77.7 Å². The predicted octanol–water partition coefficient (Wildman–Crippen LogP) is 4.60. The molecule has 2 N–H and O–H groups in total. The minimum atomic E-state index is -3.71. The lowest BCUT2D eigenvalue weighted by molar-refractivity contribution is 0.0940. The zero-order chi connectivity index (χ0) is 21.0. The van der Waals surface area contributed by atoms with Gasteiger partial charge in [-0.1, -0.05) is 42.5 Å². The molecule has 3 aromatic carbocycles. The van der Waals surface area contributed by atoms with E-state index in [2.05, 4.69) is 10.0 Å². The van der Waals surface area contributed by atoms with Crippen molar-refractivity contribution in [2.75, 3.05) is 4.72 Å². The lowest BCUT2D eigenvalue weighted by Gasteiger charge is -2.15. The number of nitrogens with one attached hydrogen (secondary N) is 2. The van der Waals surface area contributed by atoms with Crippen molar-refractivity contribution >= 4 is 21.6 Å². The second kappa shape index (κ2) is 8.49. The van der Waals surface area contributed by atoms with E-state index in [0.717, 1.165) is 11.1 Å². The quantitative estimate of drug-likeness (QED) is 0.626. The van der Waals surface area contributed by atoms with Crippen LogP contribution in [0.1, 0.15) is 40.0 Å². The highest BCUT2D eigenvalue weighted by Crippen LogP contribution is 2.21. The number of carbonyl (C=O) groups excluding carboxylic acids is 1. The van der Waals surface area contributed by atoms with Crippen LogP contribution in [0.25, 0.3) is 0 Å². The maximum Gasteiger partial charge on any atom is 0.262 e. The van der Waals surface area contributed by atoms with Crippen LogP contribution in [0.2, 0.25) is 0 Å². The third kappa shape index (κ3) is 5.03. The first-order chi connectivity index (χ1) is 13.8. The van der Waals surface area contributed by atoms with E-state index in [0.29, 0.717) is 16.8 Å². The van der Waals surface area contributed by atoms with Crippen molar-refractivity contribution in [3.63, 3.8) is 0 Å². The number of hydrogen-bond acceptors (Lipinski definition) is 3. The van der Waals surface area contributed by atoms with Crippen molar-refractivity contribution in [1.82, 2.24) is 5.32 Å². The van der Waals surface area contributed by atoms with Gasteiger partial charge in [0.1, 0.15) is 0 Å². The number of hydrogen-bond donors (Lipinski definition) is 2. The van der Waals surface area contributed by atoms with Gasteiger partial charge in [-0.2, -0.15) is 0 Å². The zero-order valence-electron chi connectivity index (χ0n) is 16.6. The Labute approximate surface area is 171 Å². The van der Waals surface area contributed by atoms with Crippen molar-refractivity contribution in [3.05, 3.63) is 95.1 Å². The average molecular weight is 409 g/mol. The van der Waals surface area contributed by atoms with E-state index >= 15 is 0 Å². The molecule has 29 heavy (non-hydrogen) atoms. The fourth-order valence-corrected chi connectivity index (χ4v) is 4.39. The SMILES string of the molecule is Cc1ccc(C)c(S(=O)(=O)Nc2ccc(C(=O)NC(C)c3ccccc3)cc2)c1. The number of sulfonamides is 1. The molecule has 0 saturated heterocycles. The molecule has 0 radical (unpaired) electrons. The Morgan fingerprint density at radius 1 is 0.897 bits per heavy atom. The molecule has 6 heteroatoms. The van der Waals surface area contributed by atoms with Gasteiger partial charge in [0, 0.05) is 11.3 Å². The number of aryl methyl sites for hydroxylation is 2. The summed E-state index contributed by atoms with van der Waals surface area (Å²) in [6.45, 7) is 5.53. The Morgan fingerprint density at radius 2 is 1.55 bits per heavy atom. The van der Waals surface area contributed by atoms with Gasteiger partial charge in [-0.3, -0.25) is 9.52 Å². The normalized spacial score (nSPS) is 12.2. The van der Waals surface area contributed by atoms with E-state index in [-0.39, 0.29) is 16.8 Å². The first kappa shape index (κ1) is 20.6. The van der Waals surface area contributed by atoms with Gasteiger partial charge in [0.25, 0.3) is 15.9 Å². The van der Waals surface area contributed by atoms with E-state index < -0.39 is 10.0 Å². The van der Waals surface area contributed by atoms with Crippen LogP contribution in [-0.4, -0.2) is 14.3 Å². The molecule has 0 saturated carbocycles. The molecule has 0 aromatic heterocycles. The summed E-state index contributed by atoms with van der Waals surface area (Å²) in [7, 11) is -3.71. The third-order valence-electron chi connectivity index (χ3n) is 4.68. The van der Waals surface area contributed by atoms with E-state index in [1.54, 1.807) is 43.3 Å². The average Bonchev–Trinajstić information content (AvgIpc) is 2.70. The lowest BCUT2D eigenvalue weighted by Crippen LogP contribution is -2.26. The highest BCUT2D eigenvalue weighted by molar-refractivity contribution is 7.92. The summed E-state index contributed by atoms with van der Waals surface area (Å²) >= 11 is 0. The first-order valence-corrected chi connectivity index (χ1v) is 10.8. The third-order valence-corrected chi connectivity index (χ3v) is 6.20. The molecule has 0 aliphatic rings. The summed E-state index contributed by atoms with van der Waals surface area (Å²) in [5, 5.41) is 2.94. The van der Waals surface area contributed by atoms with Gasteiger partial charge in [0.2, 0.25) is 0 Å². The van der Waals surface area contributed by atoms with Crippen LogP contribution in [0.5, 0.6) is 0 Å². The Hall–Kier alpha value is -3.12. The summed E-state index contributed by atoms with van der Waals surface area (Å²) in [5.41, 5.74) is 3.42. The Morgan fingerprint density at radius 3 is 2.21 bits per heavy atom. The summed E-state index contributed by atoms with van der Waals surface area (Å²) in [6, 6.07) is 21.2. The minimum absolute atomic E-state index is 0.133. The summed E-state index contributed by atoms with van der Waals surface area (Å²) in [6.07, 6.45) is 0. The monoisotopic (exact) mass is 408 g/mol. The topological polar surface area (TPSA) is 75.3 Å². The first-order valence-electron chi connectivity index (χ1n) is 9.32. The van der Waals surface area contributed by atoms with Crippen LogP contribution >= 0.6 is 0 Å². The van der Waals surface area contributed by atoms with E-state index in [1.807, 2.05) is 50.2 Å². The molecular formula is C23H24N2O3S. The van der Waals surface area contributed by atoms with Crippen LogP contribution < -0.4 is 10.0 Å². The molecule has 1 unspecified atom stereocenters. The van der Waals surface area contributed by atoms with E-state index in [1.165, 1.54) is 0 Å². The highest BCUT2D eigenvalue weighted by Gasteiger charge is 2.17. The van der Waals surface area contributed by atoms with Gasteiger partial charge in [-0.05, 0) is 67.8 Å². The standard InChI is InChI=1S/C23H24N2O3S/c1-16-9-10-17(2)22(15-16)29(27,28)25-21-13-11-20(12-14-21)23(26)24-18(3)19-7-5-4-6-8-19/h4-15,18,25H,1-3H3,(H,24,26). The Balaban J connectivity index is 1.71. The highest BCUT2D eigenvalue weighted by atomic mass is 32.2. The van der Waals surface area contributed by atoms with Gasteiger partial charge in [0.15, 0.2) is 0 Å². The van der Waals surface area contributed by atoms with Gasteiger partial charge in [0.05, 0.1) is 10.9 Å². The van der Waals surface area contributed by atoms with E-state index in [9.17, 15) is 13.2 Å². The summed E-state index contributed by atoms with van der Waals surface area (Å²) in [5.74, 6) is -0.217. The maximum atomic E-state index is 12.7. The van der Waals surface area contributed by atoms with Crippen LogP contribution in [0.3, 0.4) is 0 Å². The molecule has 0 aliphatic heterocycles. The number of carbonyl (C=O) groups is 1. The number of amides is 1. The Bertz CT molecular complexity index is 1110. The zero-order valence-corrected chi connectivity index (χ0v) is 17.5. The molecule has 0 spiro atoms. The molecule has 3 rings (SSSR count). The van der Waals surface area contributed by atoms with Crippen LogP contribution in [0, 0.1) is 13.8 Å². The molecule has 150 valence electrons. The van der Waals surface area contributed by atoms with Gasteiger partial charge >= 0.3 is 0 Å². The second-order valence-electron chi connectivity index (χ2n) is 7.06. The van der Waals surface area contributed by atoms with Crippen molar-refractivity contribution in [3.8, 4) is 0 Å². The summed E-state index contributed by atoms with van der Waals surface area (Å²) in [4.78, 5) is 12.7. The van der Waals surface area contributed by atoms with Gasteiger partial charge in [-0.25, -0.2) is 8.42 Å². The van der Waals surface area contributed by atoms with Crippen molar-refractivity contribution in [1.29, 1.82) is 0 Å².